The first-order chi connectivity index (χ1) is 15.8. The van der Waals surface area contributed by atoms with Gasteiger partial charge in [0.05, 0.1) is 7.11 Å². The topological polar surface area (TPSA) is 114 Å². The summed E-state index contributed by atoms with van der Waals surface area (Å²) in [7, 11) is -2.60. The molecule has 0 heterocycles. The van der Waals surface area contributed by atoms with Gasteiger partial charge in [-0.2, -0.15) is 0 Å². The Morgan fingerprint density at radius 1 is 1.03 bits per heavy atom. The van der Waals surface area contributed by atoms with Gasteiger partial charge in [0.2, 0.25) is 15.9 Å². The van der Waals surface area contributed by atoms with Gasteiger partial charge in [0.15, 0.2) is 0 Å². The molecule has 2 amide bonds. The summed E-state index contributed by atoms with van der Waals surface area (Å²) in [6.07, 6.45) is 3.97. The molecule has 8 nitrogen and oxygen atoms in total. The van der Waals surface area contributed by atoms with Crippen molar-refractivity contribution >= 4 is 33.4 Å². The lowest BCUT2D eigenvalue weighted by molar-refractivity contribution is -0.124. The second-order valence-electron chi connectivity index (χ2n) is 7.84. The molecule has 0 aliphatic heterocycles. The van der Waals surface area contributed by atoms with E-state index in [4.69, 9.17) is 16.3 Å². The number of amides is 2. The van der Waals surface area contributed by atoms with Crippen LogP contribution in [-0.4, -0.2) is 40.4 Å². The van der Waals surface area contributed by atoms with Crippen LogP contribution in [0.5, 0.6) is 5.75 Å². The summed E-state index contributed by atoms with van der Waals surface area (Å²) >= 11 is 5.86. The zero-order valence-corrected chi connectivity index (χ0v) is 20.0. The number of rotatable bonds is 10. The average Bonchev–Trinajstić information content (AvgIpc) is 3.36. The predicted octanol–water partition coefficient (Wildman–Crippen LogP) is 2.86. The van der Waals surface area contributed by atoms with Gasteiger partial charge < -0.3 is 15.4 Å². The Balaban J connectivity index is 1.60. The summed E-state index contributed by atoms with van der Waals surface area (Å²) in [5, 5.41) is 6.09. The molecule has 1 saturated carbocycles. The second-order valence-corrected chi connectivity index (χ2v) is 10.0. The molecular formula is C23H28ClN3O5S. The van der Waals surface area contributed by atoms with Crippen LogP contribution in [-0.2, 0) is 21.4 Å². The zero-order valence-electron chi connectivity index (χ0n) is 18.4. The van der Waals surface area contributed by atoms with Gasteiger partial charge in [-0.3, -0.25) is 9.59 Å². The van der Waals surface area contributed by atoms with E-state index >= 15 is 0 Å². The maximum Gasteiger partial charge on any atom is 0.251 e. The smallest absolute Gasteiger partial charge is 0.251 e. The maximum atomic E-state index is 12.9. The lowest BCUT2D eigenvalue weighted by atomic mass is 10.1. The highest BCUT2D eigenvalue weighted by molar-refractivity contribution is 7.89. The van der Waals surface area contributed by atoms with E-state index in [0.717, 1.165) is 31.2 Å². The summed E-state index contributed by atoms with van der Waals surface area (Å²) in [5.74, 6) is -0.234. The molecule has 0 bridgehead atoms. The largest absolute Gasteiger partial charge is 0.495 e. The third-order valence-electron chi connectivity index (χ3n) is 5.53. The molecule has 178 valence electrons. The molecule has 3 N–H and O–H groups in total. The van der Waals surface area contributed by atoms with E-state index in [1.807, 2.05) is 0 Å². The van der Waals surface area contributed by atoms with Gasteiger partial charge in [0, 0.05) is 36.1 Å². The van der Waals surface area contributed by atoms with Crippen LogP contribution < -0.4 is 20.1 Å². The molecule has 0 atom stereocenters. The normalized spacial score (nSPS) is 14.1. The van der Waals surface area contributed by atoms with Gasteiger partial charge in [0.1, 0.15) is 10.6 Å². The molecule has 2 aromatic carbocycles. The van der Waals surface area contributed by atoms with Crippen LogP contribution >= 0.6 is 11.6 Å². The number of methoxy groups -OCH3 is 1. The predicted molar refractivity (Wildman–Crippen MR) is 126 cm³/mol. The molecule has 0 aromatic heterocycles. The Bertz CT molecular complexity index is 1080. The summed E-state index contributed by atoms with van der Waals surface area (Å²) in [5.41, 5.74) is 0.903. The lowest BCUT2D eigenvalue weighted by Gasteiger charge is -2.13. The third kappa shape index (κ3) is 6.93. The van der Waals surface area contributed by atoms with Crippen molar-refractivity contribution in [3.63, 3.8) is 0 Å². The van der Waals surface area contributed by atoms with Gasteiger partial charge in [-0.25, -0.2) is 13.1 Å². The Morgan fingerprint density at radius 2 is 1.70 bits per heavy atom. The van der Waals surface area contributed by atoms with E-state index in [0.29, 0.717) is 11.6 Å². The van der Waals surface area contributed by atoms with Crippen molar-refractivity contribution in [2.45, 2.75) is 37.1 Å². The number of nitrogens with one attached hydrogen (secondary N) is 3. The van der Waals surface area contributed by atoms with E-state index in [1.165, 1.54) is 25.3 Å². The minimum atomic E-state index is -3.96. The molecule has 10 heteroatoms. The van der Waals surface area contributed by atoms with Crippen LogP contribution in [0.15, 0.2) is 47.4 Å². The van der Waals surface area contributed by atoms with Gasteiger partial charge in [-0.15, -0.1) is 0 Å². The fourth-order valence-corrected chi connectivity index (χ4v) is 5.02. The van der Waals surface area contributed by atoms with Crippen LogP contribution in [0.25, 0.3) is 0 Å². The van der Waals surface area contributed by atoms with Gasteiger partial charge in [-0.05, 0) is 48.7 Å². The van der Waals surface area contributed by atoms with Crippen LogP contribution in [0, 0.1) is 5.92 Å². The van der Waals surface area contributed by atoms with Gasteiger partial charge >= 0.3 is 0 Å². The van der Waals surface area contributed by atoms with E-state index in [2.05, 4.69) is 15.4 Å². The molecule has 0 unspecified atom stereocenters. The SMILES string of the molecule is COc1ccc(C(=O)NCCNC(=O)C2CCCC2)cc1S(=O)(=O)NCc1ccc(Cl)cc1. The Labute approximate surface area is 199 Å². The van der Waals surface area contributed by atoms with Crippen molar-refractivity contribution in [3.8, 4) is 5.75 Å². The zero-order chi connectivity index (χ0) is 23.8. The molecule has 0 saturated heterocycles. The molecule has 1 fully saturated rings. The average molecular weight is 494 g/mol. The van der Waals surface area contributed by atoms with Crippen LogP contribution in [0.1, 0.15) is 41.6 Å². The lowest BCUT2D eigenvalue weighted by Crippen LogP contribution is -2.37. The number of ether oxygens (including phenoxy) is 1. The van der Waals surface area contributed by atoms with Crippen molar-refractivity contribution in [2.24, 2.45) is 5.92 Å². The van der Waals surface area contributed by atoms with Crippen LogP contribution in [0.2, 0.25) is 5.02 Å². The molecule has 1 aliphatic rings. The van der Waals surface area contributed by atoms with Crippen molar-refractivity contribution in [2.75, 3.05) is 20.2 Å². The van der Waals surface area contributed by atoms with Crippen molar-refractivity contribution in [1.29, 1.82) is 0 Å². The second kappa shape index (κ2) is 11.5. The molecule has 2 aromatic rings. The minimum absolute atomic E-state index is 0.0198. The van der Waals surface area contributed by atoms with E-state index < -0.39 is 15.9 Å². The highest BCUT2D eigenvalue weighted by Crippen LogP contribution is 2.26. The first-order valence-electron chi connectivity index (χ1n) is 10.8. The first-order valence-corrected chi connectivity index (χ1v) is 12.6. The molecule has 3 rings (SSSR count). The fraction of sp³-hybridized carbons (Fsp3) is 0.391. The Hall–Kier alpha value is -2.62. The number of hydrogen-bond acceptors (Lipinski definition) is 5. The summed E-state index contributed by atoms with van der Waals surface area (Å²) < 4.78 is 33.5. The minimum Gasteiger partial charge on any atom is -0.495 e. The summed E-state index contributed by atoms with van der Waals surface area (Å²) in [6.45, 7) is 0.602. The number of hydrogen-bond donors (Lipinski definition) is 3. The molecule has 1 aliphatic carbocycles. The van der Waals surface area contributed by atoms with Crippen molar-refractivity contribution in [3.05, 3.63) is 58.6 Å². The number of benzene rings is 2. The van der Waals surface area contributed by atoms with Gasteiger partial charge in [0.25, 0.3) is 5.91 Å². The maximum absolute atomic E-state index is 12.9. The van der Waals surface area contributed by atoms with E-state index in [9.17, 15) is 18.0 Å². The standard InChI is InChI=1S/C23H28ClN3O5S/c1-32-20-11-8-18(23(29)26-13-12-25-22(28)17-4-2-3-5-17)14-21(20)33(30,31)27-15-16-6-9-19(24)10-7-16/h6-11,14,17,27H,2-5,12-13,15H2,1H3,(H,25,28)(H,26,29). The van der Waals surface area contributed by atoms with Crippen LogP contribution in [0.4, 0.5) is 0 Å². The molecule has 0 spiro atoms. The van der Waals surface area contributed by atoms with Crippen LogP contribution in [0.3, 0.4) is 0 Å². The molecular weight excluding hydrogens is 466 g/mol. The highest BCUT2D eigenvalue weighted by Gasteiger charge is 2.23. The quantitative estimate of drug-likeness (QED) is 0.440. The highest BCUT2D eigenvalue weighted by atomic mass is 35.5. The number of carbonyl (C=O) groups is 2. The van der Waals surface area contributed by atoms with Crippen molar-refractivity contribution < 1.29 is 22.7 Å². The van der Waals surface area contributed by atoms with E-state index in [-0.39, 0.29) is 41.1 Å². The van der Waals surface area contributed by atoms with Crippen molar-refractivity contribution in [1.82, 2.24) is 15.4 Å². The molecule has 33 heavy (non-hydrogen) atoms. The Morgan fingerprint density at radius 3 is 2.36 bits per heavy atom. The number of sulfonamides is 1. The first kappa shape index (κ1) is 25.0. The number of halogens is 1. The monoisotopic (exact) mass is 493 g/mol. The third-order valence-corrected chi connectivity index (χ3v) is 7.21. The fourth-order valence-electron chi connectivity index (χ4n) is 3.68. The molecule has 0 radical (unpaired) electrons. The van der Waals surface area contributed by atoms with Gasteiger partial charge in [-0.1, -0.05) is 36.6 Å². The number of carbonyl (C=O) groups excluding carboxylic acids is 2. The summed E-state index contributed by atoms with van der Waals surface area (Å²) in [6, 6.07) is 11.0. The summed E-state index contributed by atoms with van der Waals surface area (Å²) in [4.78, 5) is 24.5. The van der Waals surface area contributed by atoms with E-state index in [1.54, 1.807) is 24.3 Å². The Kier molecular flexibility index (Phi) is 8.71.